The van der Waals surface area contributed by atoms with Crippen LogP contribution in [0.1, 0.15) is 83.3 Å². The molecule has 20 heavy (non-hydrogen) atoms. The molecule has 0 aliphatic heterocycles. The van der Waals surface area contributed by atoms with Gasteiger partial charge in [0, 0.05) is 5.92 Å². The molecule has 109 valence electrons. The van der Waals surface area contributed by atoms with Gasteiger partial charge in [-0.25, -0.2) is 0 Å². The number of hydrogen-bond acceptors (Lipinski definition) is 0. The Kier molecular flexibility index (Phi) is 3.69. The maximum Gasteiger partial charge on any atom is 0.00503 e. The van der Waals surface area contributed by atoms with Gasteiger partial charge < -0.3 is 0 Å². The van der Waals surface area contributed by atoms with Crippen molar-refractivity contribution in [1.29, 1.82) is 0 Å². The predicted molar refractivity (Wildman–Crippen MR) is 86.9 cm³/mol. The first-order chi connectivity index (χ1) is 9.49. The van der Waals surface area contributed by atoms with Crippen LogP contribution < -0.4 is 0 Å². The standard InChI is InChI=1S/C20H29/c1-19(2,3)18-8-6-7-17(15-18)16-9-13-20(14-10-16)11-4-5-12-20/h6-8,15H,4-5,9-14H2,1-3H3. The van der Waals surface area contributed by atoms with E-state index in [0.717, 1.165) is 5.41 Å². The molecule has 1 spiro atoms. The SMILES string of the molecule is CC(C)(C)c1cccc([C]2CCC3(CCCC3)CC2)c1. The molecule has 1 aromatic carbocycles. The zero-order chi connectivity index (χ0) is 14.2. The van der Waals surface area contributed by atoms with E-state index >= 15 is 0 Å². The Morgan fingerprint density at radius 3 is 2.15 bits per heavy atom. The van der Waals surface area contributed by atoms with Crippen molar-refractivity contribution < 1.29 is 0 Å². The van der Waals surface area contributed by atoms with Crippen molar-refractivity contribution in [2.24, 2.45) is 5.41 Å². The zero-order valence-electron chi connectivity index (χ0n) is 13.5. The summed E-state index contributed by atoms with van der Waals surface area (Å²) in [6.45, 7) is 6.93. The Bertz CT molecular complexity index is 447. The smallest absolute Gasteiger partial charge is 0.00503 e. The highest BCUT2D eigenvalue weighted by molar-refractivity contribution is 5.37. The third-order valence-corrected chi connectivity index (χ3v) is 5.72. The summed E-state index contributed by atoms with van der Waals surface area (Å²) in [5.41, 5.74) is 4.00. The lowest BCUT2D eigenvalue weighted by atomic mass is 9.68. The number of hydrogen-bond donors (Lipinski definition) is 0. The molecule has 0 heteroatoms. The van der Waals surface area contributed by atoms with E-state index in [2.05, 4.69) is 45.0 Å². The molecule has 2 aliphatic carbocycles. The fraction of sp³-hybridized carbons (Fsp3) is 0.650. The van der Waals surface area contributed by atoms with E-state index in [-0.39, 0.29) is 5.41 Å². The monoisotopic (exact) mass is 269 g/mol. The van der Waals surface area contributed by atoms with Crippen LogP contribution >= 0.6 is 0 Å². The van der Waals surface area contributed by atoms with E-state index in [4.69, 9.17) is 0 Å². The second kappa shape index (κ2) is 5.20. The lowest BCUT2D eigenvalue weighted by Gasteiger charge is -2.37. The van der Waals surface area contributed by atoms with Gasteiger partial charge in [-0.3, -0.25) is 0 Å². The molecule has 0 aromatic heterocycles. The summed E-state index contributed by atoms with van der Waals surface area (Å²) in [6.07, 6.45) is 11.5. The maximum absolute atomic E-state index is 2.45. The van der Waals surface area contributed by atoms with Crippen LogP contribution in [-0.2, 0) is 5.41 Å². The minimum Gasteiger partial charge on any atom is -0.0617 e. The van der Waals surface area contributed by atoms with Gasteiger partial charge in [0.1, 0.15) is 0 Å². The Morgan fingerprint density at radius 1 is 0.900 bits per heavy atom. The largest absolute Gasteiger partial charge is 0.0617 e. The minimum absolute atomic E-state index is 0.262. The van der Waals surface area contributed by atoms with Crippen LogP contribution in [0.5, 0.6) is 0 Å². The highest BCUT2D eigenvalue weighted by Gasteiger charge is 2.38. The lowest BCUT2D eigenvalue weighted by Crippen LogP contribution is -2.24. The average Bonchev–Trinajstić information content (AvgIpc) is 2.87. The normalized spacial score (nSPS) is 23.4. The van der Waals surface area contributed by atoms with Gasteiger partial charge in [-0.05, 0) is 60.5 Å². The topological polar surface area (TPSA) is 0 Å². The summed E-state index contributed by atoms with van der Waals surface area (Å²) in [4.78, 5) is 0. The molecule has 2 saturated carbocycles. The number of rotatable bonds is 1. The van der Waals surface area contributed by atoms with E-state index in [0.29, 0.717) is 0 Å². The van der Waals surface area contributed by atoms with Gasteiger partial charge in [0.2, 0.25) is 0 Å². The van der Waals surface area contributed by atoms with Crippen molar-refractivity contribution in [2.75, 3.05) is 0 Å². The summed E-state index contributed by atoms with van der Waals surface area (Å²) in [7, 11) is 0. The molecule has 0 unspecified atom stereocenters. The molecule has 0 atom stereocenters. The summed E-state index contributed by atoms with van der Waals surface area (Å²) < 4.78 is 0. The van der Waals surface area contributed by atoms with E-state index in [1.54, 1.807) is 5.92 Å². The summed E-state index contributed by atoms with van der Waals surface area (Å²) in [5, 5.41) is 0. The summed E-state index contributed by atoms with van der Waals surface area (Å²) >= 11 is 0. The van der Waals surface area contributed by atoms with Crippen molar-refractivity contribution in [3.63, 3.8) is 0 Å². The third kappa shape index (κ3) is 2.80. The predicted octanol–water partition coefficient (Wildman–Crippen LogP) is 6.04. The summed E-state index contributed by atoms with van der Waals surface area (Å²) in [6, 6.07) is 9.31. The van der Waals surface area contributed by atoms with E-state index < -0.39 is 0 Å². The first-order valence-corrected chi connectivity index (χ1v) is 8.44. The molecule has 0 nitrogen and oxygen atoms in total. The van der Waals surface area contributed by atoms with Crippen molar-refractivity contribution in [3.8, 4) is 0 Å². The highest BCUT2D eigenvalue weighted by Crippen LogP contribution is 2.51. The maximum atomic E-state index is 2.45. The van der Waals surface area contributed by atoms with Crippen LogP contribution in [0.25, 0.3) is 0 Å². The fourth-order valence-corrected chi connectivity index (χ4v) is 4.20. The Balaban J connectivity index is 1.72. The van der Waals surface area contributed by atoms with Gasteiger partial charge in [0.15, 0.2) is 0 Å². The Hall–Kier alpha value is -0.780. The lowest BCUT2D eigenvalue weighted by molar-refractivity contribution is 0.212. The molecular formula is C20H29. The van der Waals surface area contributed by atoms with Crippen molar-refractivity contribution >= 4 is 0 Å². The minimum atomic E-state index is 0.262. The van der Waals surface area contributed by atoms with Crippen LogP contribution in [0.2, 0.25) is 0 Å². The molecule has 3 rings (SSSR count). The second-order valence-electron chi connectivity index (χ2n) is 8.14. The zero-order valence-corrected chi connectivity index (χ0v) is 13.5. The van der Waals surface area contributed by atoms with Crippen LogP contribution in [-0.4, -0.2) is 0 Å². The number of benzene rings is 1. The molecule has 0 saturated heterocycles. The molecule has 0 N–H and O–H groups in total. The second-order valence-corrected chi connectivity index (χ2v) is 8.14. The third-order valence-electron chi connectivity index (χ3n) is 5.72. The van der Waals surface area contributed by atoms with Crippen molar-refractivity contribution in [3.05, 3.63) is 41.3 Å². The molecule has 2 aliphatic rings. The highest BCUT2D eigenvalue weighted by atomic mass is 14.4. The van der Waals surface area contributed by atoms with Gasteiger partial charge in [-0.1, -0.05) is 57.9 Å². The molecule has 1 radical (unpaired) electrons. The van der Waals surface area contributed by atoms with Crippen LogP contribution in [0, 0.1) is 11.3 Å². The van der Waals surface area contributed by atoms with Gasteiger partial charge in [0.25, 0.3) is 0 Å². The quantitative estimate of drug-likeness (QED) is 0.583. The van der Waals surface area contributed by atoms with Gasteiger partial charge in [0.05, 0.1) is 0 Å². The molecular weight excluding hydrogens is 240 g/mol. The first kappa shape index (κ1) is 14.2. The Labute approximate surface area is 125 Å². The molecule has 0 amide bonds. The Morgan fingerprint density at radius 2 is 1.55 bits per heavy atom. The van der Waals surface area contributed by atoms with Crippen molar-refractivity contribution in [1.82, 2.24) is 0 Å². The van der Waals surface area contributed by atoms with E-state index in [9.17, 15) is 0 Å². The van der Waals surface area contributed by atoms with E-state index in [1.165, 1.54) is 62.5 Å². The van der Waals surface area contributed by atoms with Crippen molar-refractivity contribution in [2.45, 2.75) is 77.6 Å². The van der Waals surface area contributed by atoms with Gasteiger partial charge >= 0.3 is 0 Å². The molecule has 2 fully saturated rings. The van der Waals surface area contributed by atoms with Crippen LogP contribution in [0.4, 0.5) is 0 Å². The van der Waals surface area contributed by atoms with Gasteiger partial charge in [-0.2, -0.15) is 0 Å². The average molecular weight is 269 g/mol. The van der Waals surface area contributed by atoms with Crippen LogP contribution in [0.3, 0.4) is 0 Å². The van der Waals surface area contributed by atoms with Gasteiger partial charge in [-0.15, -0.1) is 0 Å². The summed E-state index contributed by atoms with van der Waals surface area (Å²) in [5.74, 6) is 1.72. The van der Waals surface area contributed by atoms with Crippen LogP contribution in [0.15, 0.2) is 24.3 Å². The fourth-order valence-electron chi connectivity index (χ4n) is 4.20. The molecule has 0 bridgehead atoms. The van der Waals surface area contributed by atoms with E-state index in [1.807, 2.05) is 0 Å². The molecule has 1 aromatic rings. The first-order valence-electron chi connectivity index (χ1n) is 8.44. The molecule has 0 heterocycles.